The molecule has 0 heterocycles. The number of aliphatic hydroxyl groups is 1. The Morgan fingerprint density at radius 1 is 1.17 bits per heavy atom. The van der Waals surface area contributed by atoms with Crippen LogP contribution in [0.25, 0.3) is 0 Å². The summed E-state index contributed by atoms with van der Waals surface area (Å²) in [6, 6.07) is 7.84. The minimum absolute atomic E-state index is 0.157. The van der Waals surface area contributed by atoms with Crippen molar-refractivity contribution in [2.24, 2.45) is 11.3 Å². The average molecular weight is 321 g/mol. The summed E-state index contributed by atoms with van der Waals surface area (Å²) in [7, 11) is 3.99. The molecule has 0 aliphatic carbocycles. The lowest BCUT2D eigenvalue weighted by Gasteiger charge is -2.33. The molecule has 5 nitrogen and oxygen atoms in total. The number of carbonyl (C=O) groups is 1. The Kier molecular flexibility index (Phi) is 6.88. The first-order valence-electron chi connectivity index (χ1n) is 8.09. The Morgan fingerprint density at radius 2 is 1.74 bits per heavy atom. The van der Waals surface area contributed by atoms with Crippen molar-refractivity contribution >= 4 is 11.7 Å². The summed E-state index contributed by atoms with van der Waals surface area (Å²) in [4.78, 5) is 14.0. The zero-order valence-electron chi connectivity index (χ0n) is 15.2. The lowest BCUT2D eigenvalue weighted by molar-refractivity contribution is 0.0151. The Hall–Kier alpha value is -1.75. The van der Waals surface area contributed by atoms with E-state index < -0.39 is 6.10 Å². The second-order valence-corrected chi connectivity index (χ2v) is 7.27. The first-order chi connectivity index (χ1) is 10.6. The lowest BCUT2D eigenvalue weighted by atomic mass is 9.81. The molecule has 1 rings (SSSR count). The molecule has 0 aromatic heterocycles. The van der Waals surface area contributed by atoms with Gasteiger partial charge in [0.1, 0.15) is 0 Å². The Labute approximate surface area is 140 Å². The van der Waals surface area contributed by atoms with Gasteiger partial charge in [-0.05, 0) is 23.6 Å². The van der Waals surface area contributed by atoms with E-state index in [-0.39, 0.29) is 17.4 Å². The second kappa shape index (κ2) is 8.20. The molecule has 0 fully saturated rings. The molecule has 2 amide bonds. The third kappa shape index (κ3) is 6.10. The molecule has 23 heavy (non-hydrogen) atoms. The minimum atomic E-state index is -0.457. The second-order valence-electron chi connectivity index (χ2n) is 7.27. The van der Waals surface area contributed by atoms with Crippen molar-refractivity contribution in [3.8, 4) is 0 Å². The molecule has 0 saturated heterocycles. The summed E-state index contributed by atoms with van der Waals surface area (Å²) in [5.41, 5.74) is 1.81. The molecule has 0 bridgehead atoms. The lowest BCUT2D eigenvalue weighted by Crippen LogP contribution is -2.46. The van der Waals surface area contributed by atoms with E-state index in [0.717, 1.165) is 11.3 Å². The van der Waals surface area contributed by atoms with E-state index in [1.54, 1.807) is 0 Å². The maximum absolute atomic E-state index is 11.9. The van der Waals surface area contributed by atoms with Crippen LogP contribution in [-0.2, 0) is 6.54 Å². The van der Waals surface area contributed by atoms with Crippen molar-refractivity contribution in [3.05, 3.63) is 29.8 Å². The SMILES string of the molecule is CC(C)C(O)C(C)(C)CNC(=O)NCc1ccc(N(C)C)cc1. The molecule has 0 aliphatic rings. The minimum Gasteiger partial charge on any atom is -0.392 e. The molecule has 0 radical (unpaired) electrons. The number of hydrogen-bond acceptors (Lipinski definition) is 3. The van der Waals surface area contributed by atoms with Gasteiger partial charge in [0, 0.05) is 38.3 Å². The highest BCUT2D eigenvalue weighted by molar-refractivity contribution is 5.73. The van der Waals surface area contributed by atoms with E-state index in [1.165, 1.54) is 0 Å². The Balaban J connectivity index is 2.42. The van der Waals surface area contributed by atoms with Crippen LogP contribution in [0.1, 0.15) is 33.3 Å². The van der Waals surface area contributed by atoms with Gasteiger partial charge < -0.3 is 20.6 Å². The number of amides is 2. The van der Waals surface area contributed by atoms with Crippen LogP contribution >= 0.6 is 0 Å². The molecule has 130 valence electrons. The number of urea groups is 1. The maximum atomic E-state index is 11.9. The summed E-state index contributed by atoms with van der Waals surface area (Å²) in [6.07, 6.45) is -0.457. The Bertz CT molecular complexity index is 495. The van der Waals surface area contributed by atoms with E-state index in [1.807, 2.05) is 71.0 Å². The number of carbonyl (C=O) groups excluding carboxylic acids is 1. The number of aliphatic hydroxyl groups excluding tert-OH is 1. The number of benzene rings is 1. The van der Waals surface area contributed by atoms with Gasteiger partial charge in [-0.15, -0.1) is 0 Å². The molecule has 5 heteroatoms. The van der Waals surface area contributed by atoms with E-state index >= 15 is 0 Å². The topological polar surface area (TPSA) is 64.6 Å². The van der Waals surface area contributed by atoms with Gasteiger partial charge in [0.25, 0.3) is 0 Å². The van der Waals surface area contributed by atoms with Crippen LogP contribution in [0.5, 0.6) is 0 Å². The van der Waals surface area contributed by atoms with Crippen molar-refractivity contribution in [2.75, 3.05) is 25.5 Å². The van der Waals surface area contributed by atoms with Gasteiger partial charge in [-0.1, -0.05) is 39.8 Å². The summed E-state index contributed by atoms with van der Waals surface area (Å²) in [5.74, 6) is 0.157. The monoisotopic (exact) mass is 321 g/mol. The summed E-state index contributed by atoms with van der Waals surface area (Å²) in [5, 5.41) is 15.9. The van der Waals surface area contributed by atoms with Crippen molar-refractivity contribution in [1.29, 1.82) is 0 Å². The maximum Gasteiger partial charge on any atom is 0.315 e. The van der Waals surface area contributed by atoms with Crippen molar-refractivity contribution < 1.29 is 9.90 Å². The van der Waals surface area contributed by atoms with Crippen LogP contribution in [0, 0.1) is 11.3 Å². The van der Waals surface area contributed by atoms with E-state index in [4.69, 9.17) is 0 Å². The Morgan fingerprint density at radius 3 is 2.22 bits per heavy atom. The van der Waals surface area contributed by atoms with Crippen molar-refractivity contribution in [2.45, 2.75) is 40.3 Å². The third-order valence-corrected chi connectivity index (χ3v) is 4.04. The fraction of sp³-hybridized carbons (Fsp3) is 0.611. The molecule has 3 N–H and O–H groups in total. The fourth-order valence-corrected chi connectivity index (χ4v) is 2.47. The largest absolute Gasteiger partial charge is 0.392 e. The quantitative estimate of drug-likeness (QED) is 0.723. The molecule has 0 spiro atoms. The van der Waals surface area contributed by atoms with Gasteiger partial charge in [0.15, 0.2) is 0 Å². The normalized spacial score (nSPS) is 12.9. The van der Waals surface area contributed by atoms with Gasteiger partial charge in [0.05, 0.1) is 6.10 Å². The predicted molar refractivity (Wildman–Crippen MR) is 95.6 cm³/mol. The van der Waals surface area contributed by atoms with Gasteiger partial charge in [-0.3, -0.25) is 0 Å². The molecule has 1 aromatic carbocycles. The van der Waals surface area contributed by atoms with Gasteiger partial charge >= 0.3 is 6.03 Å². The molecule has 0 aliphatic heterocycles. The number of nitrogens with zero attached hydrogens (tertiary/aromatic N) is 1. The molecule has 0 saturated carbocycles. The van der Waals surface area contributed by atoms with Gasteiger partial charge in [-0.2, -0.15) is 0 Å². The number of anilines is 1. The molecular formula is C18H31N3O2. The van der Waals surface area contributed by atoms with E-state index in [0.29, 0.717) is 13.1 Å². The first-order valence-corrected chi connectivity index (χ1v) is 8.09. The average Bonchev–Trinajstić information content (AvgIpc) is 2.50. The predicted octanol–water partition coefficient (Wildman–Crippen LogP) is 2.59. The van der Waals surface area contributed by atoms with E-state index in [9.17, 15) is 9.90 Å². The molecule has 1 atom stereocenters. The summed E-state index contributed by atoms with van der Waals surface area (Å²) >= 11 is 0. The van der Waals surface area contributed by atoms with Crippen LogP contribution in [-0.4, -0.2) is 37.9 Å². The number of hydrogen-bond donors (Lipinski definition) is 3. The van der Waals surface area contributed by atoms with Crippen LogP contribution in [0.4, 0.5) is 10.5 Å². The molecule has 1 aromatic rings. The number of rotatable bonds is 7. The van der Waals surface area contributed by atoms with Gasteiger partial charge in [-0.25, -0.2) is 4.79 Å². The van der Waals surface area contributed by atoms with Crippen LogP contribution in [0.2, 0.25) is 0 Å². The van der Waals surface area contributed by atoms with Crippen LogP contribution in [0.15, 0.2) is 24.3 Å². The zero-order valence-corrected chi connectivity index (χ0v) is 15.2. The first kappa shape index (κ1) is 19.3. The third-order valence-electron chi connectivity index (χ3n) is 4.04. The number of nitrogens with one attached hydrogen (secondary N) is 2. The van der Waals surface area contributed by atoms with Gasteiger partial charge in [0.2, 0.25) is 0 Å². The van der Waals surface area contributed by atoms with E-state index in [2.05, 4.69) is 10.6 Å². The summed E-state index contributed by atoms with van der Waals surface area (Å²) in [6.45, 7) is 8.77. The highest BCUT2D eigenvalue weighted by atomic mass is 16.3. The highest BCUT2D eigenvalue weighted by Crippen LogP contribution is 2.24. The highest BCUT2D eigenvalue weighted by Gasteiger charge is 2.30. The zero-order chi connectivity index (χ0) is 17.6. The molecular weight excluding hydrogens is 290 g/mol. The summed E-state index contributed by atoms with van der Waals surface area (Å²) < 4.78 is 0. The fourth-order valence-electron chi connectivity index (χ4n) is 2.47. The van der Waals surface area contributed by atoms with Crippen molar-refractivity contribution in [1.82, 2.24) is 10.6 Å². The van der Waals surface area contributed by atoms with Crippen molar-refractivity contribution in [3.63, 3.8) is 0 Å². The molecule has 1 unspecified atom stereocenters. The van der Waals surface area contributed by atoms with Crippen LogP contribution in [0.3, 0.4) is 0 Å². The van der Waals surface area contributed by atoms with Crippen LogP contribution < -0.4 is 15.5 Å². The smallest absolute Gasteiger partial charge is 0.315 e. The standard InChI is InChI=1S/C18H31N3O2/c1-13(2)16(22)18(3,4)12-20-17(23)19-11-14-7-9-15(10-8-14)21(5)6/h7-10,13,16,22H,11-12H2,1-6H3,(H2,19,20,23).